The first-order valence-electron chi connectivity index (χ1n) is 5.36. The zero-order chi connectivity index (χ0) is 13.1. The highest BCUT2D eigenvalue weighted by Crippen LogP contribution is 2.24. The van der Waals surface area contributed by atoms with Crippen molar-refractivity contribution in [3.8, 4) is 0 Å². The average Bonchev–Trinajstić information content (AvgIpc) is 2.31. The second-order valence-electron chi connectivity index (χ2n) is 3.98. The van der Waals surface area contributed by atoms with Gasteiger partial charge in [0.2, 0.25) is 0 Å². The van der Waals surface area contributed by atoms with E-state index in [0.29, 0.717) is 15.9 Å². The van der Waals surface area contributed by atoms with Gasteiger partial charge in [0.15, 0.2) is 0 Å². The zero-order valence-electron chi connectivity index (χ0n) is 9.41. The van der Waals surface area contributed by atoms with Crippen LogP contribution in [-0.2, 0) is 6.42 Å². The molecule has 0 bridgehead atoms. The van der Waals surface area contributed by atoms with Crippen LogP contribution in [0.2, 0.25) is 5.02 Å². The number of hydrogen-bond acceptors (Lipinski definition) is 2. The van der Waals surface area contributed by atoms with Crippen molar-refractivity contribution < 1.29 is 4.39 Å². The summed E-state index contributed by atoms with van der Waals surface area (Å²) >= 11 is 9.27. The van der Waals surface area contributed by atoms with E-state index in [9.17, 15) is 4.39 Å². The van der Waals surface area contributed by atoms with E-state index < -0.39 is 0 Å². The largest absolute Gasteiger partial charge is 0.324 e. The molecule has 2 rings (SSSR count). The Balaban J connectivity index is 2.22. The third-order valence-electron chi connectivity index (χ3n) is 2.61. The number of aromatic nitrogens is 1. The second-order valence-corrected chi connectivity index (χ2v) is 5.30. The van der Waals surface area contributed by atoms with Gasteiger partial charge < -0.3 is 5.73 Å². The number of nitrogens with two attached hydrogens (primary N) is 1. The molecule has 0 saturated heterocycles. The zero-order valence-corrected chi connectivity index (χ0v) is 11.7. The standard InChI is InChI=1S/C13H11BrClFN2/c14-10-3-9(4-11(16)6-10)13(17)5-8-1-2-18-7-12(8)15/h1-4,6-7,13H,5,17H2. The van der Waals surface area contributed by atoms with Crippen molar-refractivity contribution >= 4 is 27.5 Å². The van der Waals surface area contributed by atoms with Crippen LogP contribution in [0.3, 0.4) is 0 Å². The first-order valence-corrected chi connectivity index (χ1v) is 6.53. The Morgan fingerprint density at radius 1 is 1.39 bits per heavy atom. The van der Waals surface area contributed by atoms with Crippen LogP contribution in [0, 0.1) is 5.82 Å². The molecule has 2 N–H and O–H groups in total. The molecule has 0 fully saturated rings. The minimum absolute atomic E-state index is 0.308. The summed E-state index contributed by atoms with van der Waals surface area (Å²) in [7, 11) is 0. The smallest absolute Gasteiger partial charge is 0.124 e. The minimum Gasteiger partial charge on any atom is -0.324 e. The molecule has 0 aliphatic carbocycles. The van der Waals surface area contributed by atoms with Crippen LogP contribution in [0.25, 0.3) is 0 Å². The molecule has 1 atom stereocenters. The van der Waals surface area contributed by atoms with Crippen LogP contribution < -0.4 is 5.73 Å². The molecule has 1 aromatic carbocycles. The van der Waals surface area contributed by atoms with E-state index in [4.69, 9.17) is 17.3 Å². The van der Waals surface area contributed by atoms with Crippen LogP contribution in [0.4, 0.5) is 4.39 Å². The Morgan fingerprint density at radius 2 is 2.17 bits per heavy atom. The highest BCUT2D eigenvalue weighted by atomic mass is 79.9. The van der Waals surface area contributed by atoms with Crippen molar-refractivity contribution in [1.29, 1.82) is 0 Å². The molecule has 1 unspecified atom stereocenters. The summed E-state index contributed by atoms with van der Waals surface area (Å²) in [5.41, 5.74) is 7.70. The molecule has 2 nitrogen and oxygen atoms in total. The van der Waals surface area contributed by atoms with E-state index in [1.807, 2.05) is 12.1 Å². The summed E-state index contributed by atoms with van der Waals surface area (Å²) in [6, 6.07) is 6.15. The van der Waals surface area contributed by atoms with Gasteiger partial charge in [0, 0.05) is 22.9 Å². The van der Waals surface area contributed by atoms with Crippen molar-refractivity contribution in [2.24, 2.45) is 5.73 Å². The maximum atomic E-state index is 13.3. The van der Waals surface area contributed by atoms with Crippen molar-refractivity contribution in [2.45, 2.75) is 12.5 Å². The normalized spacial score (nSPS) is 12.4. The van der Waals surface area contributed by atoms with Crippen molar-refractivity contribution in [3.05, 3.63) is 63.1 Å². The maximum absolute atomic E-state index is 13.3. The van der Waals surface area contributed by atoms with E-state index >= 15 is 0 Å². The molecular formula is C13H11BrClFN2. The lowest BCUT2D eigenvalue weighted by Gasteiger charge is -2.13. The van der Waals surface area contributed by atoms with Crippen LogP contribution in [0.1, 0.15) is 17.2 Å². The predicted molar refractivity (Wildman–Crippen MR) is 74.0 cm³/mol. The van der Waals surface area contributed by atoms with Crippen LogP contribution >= 0.6 is 27.5 Å². The maximum Gasteiger partial charge on any atom is 0.124 e. The first kappa shape index (κ1) is 13.5. The summed E-state index contributed by atoms with van der Waals surface area (Å²) in [5, 5.41) is 0.573. The Labute approximate surface area is 118 Å². The second kappa shape index (κ2) is 5.78. The summed E-state index contributed by atoms with van der Waals surface area (Å²) < 4.78 is 14.0. The molecule has 0 aliphatic rings. The first-order chi connectivity index (χ1) is 8.56. The molecule has 0 aliphatic heterocycles. The van der Waals surface area contributed by atoms with Crippen LogP contribution in [0.15, 0.2) is 41.1 Å². The lowest BCUT2D eigenvalue weighted by atomic mass is 10.0. The Hall–Kier alpha value is -0.970. The predicted octanol–water partition coefficient (Wildman–Crippen LogP) is 3.88. The van der Waals surface area contributed by atoms with Gasteiger partial charge in [-0.1, -0.05) is 27.5 Å². The molecule has 0 amide bonds. The van der Waals surface area contributed by atoms with Gasteiger partial charge in [0.25, 0.3) is 0 Å². The van der Waals surface area contributed by atoms with Crippen LogP contribution in [0.5, 0.6) is 0 Å². The Bertz CT molecular complexity index is 542. The number of nitrogens with zero attached hydrogens (tertiary/aromatic N) is 1. The fraction of sp³-hybridized carbons (Fsp3) is 0.154. The van der Waals surface area contributed by atoms with Crippen molar-refractivity contribution in [1.82, 2.24) is 4.98 Å². The fourth-order valence-corrected chi connectivity index (χ4v) is 2.39. The van der Waals surface area contributed by atoms with E-state index in [0.717, 1.165) is 11.1 Å². The number of pyridine rings is 1. The summed E-state index contributed by atoms with van der Waals surface area (Å²) in [6.07, 6.45) is 3.78. The van der Waals surface area contributed by atoms with Gasteiger partial charge in [-0.15, -0.1) is 0 Å². The van der Waals surface area contributed by atoms with Crippen molar-refractivity contribution in [2.75, 3.05) is 0 Å². The molecule has 0 saturated carbocycles. The molecule has 5 heteroatoms. The minimum atomic E-state index is -0.310. The van der Waals surface area contributed by atoms with Gasteiger partial charge in [-0.25, -0.2) is 4.39 Å². The third-order valence-corrected chi connectivity index (χ3v) is 3.41. The highest BCUT2D eigenvalue weighted by molar-refractivity contribution is 9.10. The quantitative estimate of drug-likeness (QED) is 0.928. The van der Waals surface area contributed by atoms with E-state index in [1.165, 1.54) is 12.1 Å². The summed E-state index contributed by atoms with van der Waals surface area (Å²) in [6.45, 7) is 0. The van der Waals surface area contributed by atoms with Gasteiger partial charge in [-0.2, -0.15) is 0 Å². The van der Waals surface area contributed by atoms with E-state index in [1.54, 1.807) is 12.4 Å². The number of benzene rings is 1. The van der Waals surface area contributed by atoms with Gasteiger partial charge >= 0.3 is 0 Å². The lowest BCUT2D eigenvalue weighted by Crippen LogP contribution is -2.14. The Morgan fingerprint density at radius 3 is 2.83 bits per heavy atom. The third kappa shape index (κ3) is 3.28. The number of hydrogen-bond donors (Lipinski definition) is 1. The Kier molecular flexibility index (Phi) is 4.32. The molecule has 18 heavy (non-hydrogen) atoms. The summed E-state index contributed by atoms with van der Waals surface area (Å²) in [5.74, 6) is -0.310. The average molecular weight is 330 g/mol. The molecule has 2 aromatic rings. The molecule has 1 heterocycles. The number of halogens is 3. The van der Waals surface area contributed by atoms with E-state index in [-0.39, 0.29) is 11.9 Å². The fourth-order valence-electron chi connectivity index (χ4n) is 1.71. The SMILES string of the molecule is NC(Cc1ccncc1Cl)c1cc(F)cc(Br)c1. The van der Waals surface area contributed by atoms with Gasteiger partial charge in [-0.05, 0) is 41.8 Å². The highest BCUT2D eigenvalue weighted by Gasteiger charge is 2.11. The monoisotopic (exact) mass is 328 g/mol. The lowest BCUT2D eigenvalue weighted by molar-refractivity contribution is 0.617. The molecule has 1 aromatic heterocycles. The molecular weight excluding hydrogens is 319 g/mol. The van der Waals surface area contributed by atoms with Crippen molar-refractivity contribution in [3.63, 3.8) is 0 Å². The molecule has 94 valence electrons. The van der Waals surface area contributed by atoms with E-state index in [2.05, 4.69) is 20.9 Å². The molecule has 0 radical (unpaired) electrons. The van der Waals surface area contributed by atoms with Gasteiger partial charge in [-0.3, -0.25) is 4.98 Å². The van der Waals surface area contributed by atoms with Gasteiger partial charge in [0.05, 0.1) is 5.02 Å². The van der Waals surface area contributed by atoms with Gasteiger partial charge in [0.1, 0.15) is 5.82 Å². The molecule has 0 spiro atoms. The van der Waals surface area contributed by atoms with Crippen LogP contribution in [-0.4, -0.2) is 4.98 Å². The topological polar surface area (TPSA) is 38.9 Å². The number of rotatable bonds is 3. The summed E-state index contributed by atoms with van der Waals surface area (Å²) in [4.78, 5) is 3.91.